The number of rotatable bonds is 23. The van der Waals surface area contributed by atoms with E-state index >= 15 is 0 Å². The van der Waals surface area contributed by atoms with Gasteiger partial charge in [0, 0.05) is 13.7 Å². The largest absolute Gasteiger partial charge is 0.414 e. The first-order valence-corrected chi connectivity index (χ1v) is 16.9. The van der Waals surface area contributed by atoms with E-state index in [1.165, 1.54) is 96.3 Å². The maximum atomic E-state index is 6.27. The van der Waals surface area contributed by atoms with Crippen LogP contribution in [-0.4, -0.2) is 41.4 Å². The topological polar surface area (TPSA) is 27.7 Å². The highest BCUT2D eigenvalue weighted by molar-refractivity contribution is 6.74. The Kier molecular flexibility index (Phi) is 20.5. The smallest absolute Gasteiger partial charge is 0.192 e. The molecule has 0 bridgehead atoms. The maximum absolute atomic E-state index is 6.27. The van der Waals surface area contributed by atoms with Crippen molar-refractivity contribution in [1.29, 1.82) is 0 Å². The van der Waals surface area contributed by atoms with Crippen LogP contribution >= 0.6 is 0 Å². The summed E-state index contributed by atoms with van der Waals surface area (Å²) in [4.78, 5) is 0. The van der Waals surface area contributed by atoms with Gasteiger partial charge in [-0.1, -0.05) is 124 Å². The lowest BCUT2D eigenvalue weighted by atomic mass is 10.0. The molecule has 0 aliphatic rings. The molecule has 0 spiro atoms. The molecular formula is C28H60O3Si. The van der Waals surface area contributed by atoms with Gasteiger partial charge < -0.3 is 13.9 Å². The third kappa shape index (κ3) is 18.5. The molecule has 3 nitrogen and oxygen atoms in total. The average Bonchev–Trinajstić information content (AvgIpc) is 2.74. The monoisotopic (exact) mass is 472 g/mol. The van der Waals surface area contributed by atoms with Crippen LogP contribution in [0, 0.1) is 0 Å². The first kappa shape index (κ1) is 32.1. The quantitative estimate of drug-likeness (QED) is 0.109. The van der Waals surface area contributed by atoms with Crippen LogP contribution in [0.15, 0.2) is 0 Å². The summed E-state index contributed by atoms with van der Waals surface area (Å²) in [6, 6.07) is 0. The molecule has 4 heteroatoms. The standard InChI is InChI=1S/C28H60O3Si/c1-8-9-10-11-12-13-14-15-16-17-18-19-20-21-22-23-24-30-25-27(29-5)26-31-32(6,7)28(2,3)4/h27H,8-26H2,1-7H3/t27-/m1/s1. The molecule has 0 saturated carbocycles. The van der Waals surface area contributed by atoms with Crippen LogP contribution in [0.1, 0.15) is 130 Å². The van der Waals surface area contributed by atoms with Crippen molar-refractivity contribution in [2.24, 2.45) is 0 Å². The fraction of sp³-hybridized carbons (Fsp3) is 1.00. The van der Waals surface area contributed by atoms with Gasteiger partial charge in [-0.05, 0) is 24.6 Å². The molecule has 32 heavy (non-hydrogen) atoms. The minimum absolute atomic E-state index is 0.0465. The van der Waals surface area contributed by atoms with Gasteiger partial charge in [0.2, 0.25) is 0 Å². The molecule has 0 unspecified atom stereocenters. The molecule has 0 aliphatic carbocycles. The molecule has 0 heterocycles. The number of unbranched alkanes of at least 4 members (excludes halogenated alkanes) is 15. The van der Waals surface area contributed by atoms with Crippen LogP contribution in [0.25, 0.3) is 0 Å². The van der Waals surface area contributed by atoms with Gasteiger partial charge in [-0.15, -0.1) is 0 Å². The first-order chi connectivity index (χ1) is 15.2. The van der Waals surface area contributed by atoms with Crippen molar-refractivity contribution in [3.63, 3.8) is 0 Å². The fourth-order valence-corrected chi connectivity index (χ4v) is 4.70. The second-order valence-electron chi connectivity index (χ2n) is 11.3. The summed E-state index contributed by atoms with van der Waals surface area (Å²) < 4.78 is 17.7. The summed E-state index contributed by atoms with van der Waals surface area (Å²) in [5.41, 5.74) is 0. The molecule has 0 rings (SSSR count). The van der Waals surface area contributed by atoms with Gasteiger partial charge >= 0.3 is 0 Å². The lowest BCUT2D eigenvalue weighted by molar-refractivity contribution is -0.0177. The molecule has 0 aromatic rings. The van der Waals surface area contributed by atoms with Gasteiger partial charge in [-0.2, -0.15) is 0 Å². The second-order valence-corrected chi connectivity index (χ2v) is 16.1. The van der Waals surface area contributed by atoms with Gasteiger partial charge in [0.1, 0.15) is 6.10 Å². The molecule has 0 radical (unpaired) electrons. The average molecular weight is 473 g/mol. The Morgan fingerprint density at radius 2 is 1.03 bits per heavy atom. The normalized spacial score (nSPS) is 13.6. The Morgan fingerprint density at radius 1 is 0.625 bits per heavy atom. The van der Waals surface area contributed by atoms with E-state index in [0.717, 1.165) is 13.0 Å². The van der Waals surface area contributed by atoms with E-state index in [4.69, 9.17) is 13.9 Å². The highest BCUT2D eigenvalue weighted by Gasteiger charge is 2.37. The summed E-state index contributed by atoms with van der Waals surface area (Å²) in [5.74, 6) is 0. The van der Waals surface area contributed by atoms with E-state index < -0.39 is 8.32 Å². The van der Waals surface area contributed by atoms with E-state index in [-0.39, 0.29) is 11.1 Å². The highest BCUT2D eigenvalue weighted by atomic mass is 28.4. The first-order valence-electron chi connectivity index (χ1n) is 14.0. The van der Waals surface area contributed by atoms with Crippen LogP contribution in [0.2, 0.25) is 18.1 Å². The Bertz CT molecular complexity index is 393. The summed E-state index contributed by atoms with van der Waals surface area (Å²) in [6.07, 6.45) is 22.5. The maximum Gasteiger partial charge on any atom is 0.192 e. The van der Waals surface area contributed by atoms with Crippen LogP contribution < -0.4 is 0 Å². The Labute approximate surface area is 203 Å². The molecule has 194 valence electrons. The van der Waals surface area contributed by atoms with Crippen molar-refractivity contribution in [3.8, 4) is 0 Å². The van der Waals surface area contributed by atoms with Crippen molar-refractivity contribution < 1.29 is 13.9 Å². The second kappa shape index (κ2) is 20.5. The number of ether oxygens (including phenoxy) is 2. The van der Waals surface area contributed by atoms with Gasteiger partial charge in [-0.25, -0.2) is 0 Å². The molecule has 0 saturated heterocycles. The molecule has 0 fully saturated rings. The van der Waals surface area contributed by atoms with Gasteiger partial charge in [0.25, 0.3) is 0 Å². The minimum Gasteiger partial charge on any atom is -0.414 e. The van der Waals surface area contributed by atoms with Crippen LogP contribution in [0.3, 0.4) is 0 Å². The molecule has 1 atom stereocenters. The summed E-state index contributed by atoms with van der Waals surface area (Å²) in [5, 5.41) is 0.236. The predicted octanol–water partition coefficient (Wildman–Crippen LogP) is 9.30. The van der Waals surface area contributed by atoms with E-state index in [1.807, 2.05) is 0 Å². The number of hydrogen-bond acceptors (Lipinski definition) is 3. The Hall–Kier alpha value is 0.0969. The van der Waals surface area contributed by atoms with Crippen molar-refractivity contribution in [2.75, 3.05) is 26.9 Å². The Balaban J connectivity index is 3.41. The molecule has 0 N–H and O–H groups in total. The zero-order valence-electron chi connectivity index (χ0n) is 23.2. The van der Waals surface area contributed by atoms with Gasteiger partial charge in [0.15, 0.2) is 8.32 Å². The third-order valence-corrected chi connectivity index (χ3v) is 11.7. The van der Waals surface area contributed by atoms with Gasteiger partial charge in [0.05, 0.1) is 13.2 Å². The van der Waals surface area contributed by atoms with Crippen LogP contribution in [-0.2, 0) is 13.9 Å². The third-order valence-electron chi connectivity index (χ3n) is 7.22. The highest BCUT2D eigenvalue weighted by Crippen LogP contribution is 2.36. The molecule has 0 aromatic heterocycles. The SMILES string of the molecule is CCCCCCCCCCCCCCCCCCOC[C@H](CO[Si](C)(C)C(C)(C)C)OC. The van der Waals surface area contributed by atoms with Crippen molar-refractivity contribution >= 4 is 8.32 Å². The summed E-state index contributed by atoms with van der Waals surface area (Å²) >= 11 is 0. The summed E-state index contributed by atoms with van der Waals surface area (Å²) in [7, 11) is 0.0480. The molecule has 0 aromatic carbocycles. The van der Waals surface area contributed by atoms with Gasteiger partial charge in [-0.3, -0.25) is 0 Å². The molecule has 0 aliphatic heterocycles. The van der Waals surface area contributed by atoms with E-state index in [2.05, 4.69) is 40.8 Å². The Morgan fingerprint density at radius 3 is 1.41 bits per heavy atom. The van der Waals surface area contributed by atoms with Crippen molar-refractivity contribution in [2.45, 2.75) is 155 Å². The van der Waals surface area contributed by atoms with E-state index in [1.54, 1.807) is 7.11 Å². The zero-order valence-corrected chi connectivity index (χ0v) is 24.2. The minimum atomic E-state index is -1.71. The lowest BCUT2D eigenvalue weighted by Crippen LogP contribution is -2.43. The number of methoxy groups -OCH3 is 1. The summed E-state index contributed by atoms with van der Waals surface area (Å²) in [6.45, 7) is 15.8. The fourth-order valence-electron chi connectivity index (χ4n) is 3.67. The van der Waals surface area contributed by atoms with Crippen molar-refractivity contribution in [3.05, 3.63) is 0 Å². The number of hydrogen-bond donors (Lipinski definition) is 0. The molecule has 0 amide bonds. The van der Waals surface area contributed by atoms with E-state index in [9.17, 15) is 0 Å². The van der Waals surface area contributed by atoms with Crippen LogP contribution in [0.5, 0.6) is 0 Å². The molecular weight excluding hydrogens is 412 g/mol. The lowest BCUT2D eigenvalue weighted by Gasteiger charge is -2.37. The predicted molar refractivity (Wildman–Crippen MR) is 144 cm³/mol. The zero-order chi connectivity index (χ0) is 24.1. The van der Waals surface area contributed by atoms with Crippen LogP contribution in [0.4, 0.5) is 0 Å². The van der Waals surface area contributed by atoms with Crippen molar-refractivity contribution in [1.82, 2.24) is 0 Å². The van der Waals surface area contributed by atoms with E-state index in [0.29, 0.717) is 13.2 Å².